The lowest BCUT2D eigenvalue weighted by atomic mass is 9.53. The summed E-state index contributed by atoms with van der Waals surface area (Å²) in [4.78, 5) is 11.4. The first-order valence-corrected chi connectivity index (χ1v) is 6.19. The van der Waals surface area contributed by atoms with Crippen molar-refractivity contribution in [2.45, 2.75) is 37.5 Å². The number of aromatic hydroxyl groups is 1. The van der Waals surface area contributed by atoms with Gasteiger partial charge in [0.05, 0.1) is 5.92 Å². The molecule has 1 aromatic rings. The van der Waals surface area contributed by atoms with Crippen molar-refractivity contribution in [1.29, 1.82) is 0 Å². The number of carbonyl (C=O) groups is 1. The molecule has 3 nitrogen and oxygen atoms in total. The maximum atomic E-state index is 11.4. The van der Waals surface area contributed by atoms with Crippen LogP contribution in [0.3, 0.4) is 0 Å². The fourth-order valence-electron chi connectivity index (χ4n) is 3.64. The minimum absolute atomic E-state index is 0.285. The van der Waals surface area contributed by atoms with Crippen molar-refractivity contribution in [3.05, 3.63) is 29.3 Å². The summed E-state index contributed by atoms with van der Waals surface area (Å²) < 4.78 is 0. The van der Waals surface area contributed by atoms with Crippen molar-refractivity contribution in [3.8, 4) is 5.75 Å². The van der Waals surface area contributed by atoms with Crippen LogP contribution in [0.2, 0.25) is 0 Å². The van der Waals surface area contributed by atoms with Crippen molar-refractivity contribution >= 4 is 5.97 Å². The SMILES string of the molecule is O=C(O)C1CCc2cccc(O)c2C12CCC2. The van der Waals surface area contributed by atoms with Gasteiger partial charge in [0.25, 0.3) is 0 Å². The summed E-state index contributed by atoms with van der Waals surface area (Å²) >= 11 is 0. The van der Waals surface area contributed by atoms with E-state index in [0.717, 1.165) is 36.8 Å². The van der Waals surface area contributed by atoms with Crippen LogP contribution >= 0.6 is 0 Å². The van der Waals surface area contributed by atoms with Crippen LogP contribution in [0.25, 0.3) is 0 Å². The topological polar surface area (TPSA) is 57.5 Å². The van der Waals surface area contributed by atoms with Gasteiger partial charge in [-0.2, -0.15) is 0 Å². The second kappa shape index (κ2) is 3.49. The van der Waals surface area contributed by atoms with Crippen LogP contribution in [0.4, 0.5) is 0 Å². The lowest BCUT2D eigenvalue weighted by Crippen LogP contribution is -2.48. The van der Waals surface area contributed by atoms with Crippen molar-refractivity contribution in [2.24, 2.45) is 5.92 Å². The van der Waals surface area contributed by atoms with Crippen molar-refractivity contribution < 1.29 is 15.0 Å². The van der Waals surface area contributed by atoms with Crippen molar-refractivity contribution in [1.82, 2.24) is 0 Å². The zero-order valence-corrected chi connectivity index (χ0v) is 9.65. The Bertz CT molecular complexity index is 474. The molecule has 1 unspecified atom stereocenters. The van der Waals surface area contributed by atoms with Crippen molar-refractivity contribution in [2.75, 3.05) is 0 Å². The first kappa shape index (κ1) is 10.6. The molecule has 3 heteroatoms. The molecule has 0 bridgehead atoms. The second-order valence-electron chi connectivity index (χ2n) is 5.25. The molecule has 0 aliphatic heterocycles. The van der Waals surface area contributed by atoms with Crippen LogP contribution in [0.15, 0.2) is 18.2 Å². The summed E-state index contributed by atoms with van der Waals surface area (Å²) in [6.45, 7) is 0. The van der Waals surface area contributed by atoms with E-state index < -0.39 is 5.97 Å². The predicted octanol–water partition coefficient (Wildman–Crippen LogP) is 2.46. The fourth-order valence-corrected chi connectivity index (χ4v) is 3.64. The normalized spacial score (nSPS) is 25.1. The van der Waals surface area contributed by atoms with Gasteiger partial charge in [0, 0.05) is 11.0 Å². The number of carboxylic acid groups (broad SMARTS) is 1. The van der Waals surface area contributed by atoms with E-state index in [4.69, 9.17) is 0 Å². The highest BCUT2D eigenvalue weighted by Crippen LogP contribution is 2.56. The van der Waals surface area contributed by atoms with Gasteiger partial charge in [0.1, 0.15) is 5.75 Å². The van der Waals surface area contributed by atoms with Crippen LogP contribution < -0.4 is 0 Å². The lowest BCUT2D eigenvalue weighted by Gasteiger charge is -2.50. The molecular weight excluding hydrogens is 216 g/mol. The molecule has 1 saturated carbocycles. The van der Waals surface area contributed by atoms with E-state index in [9.17, 15) is 15.0 Å². The van der Waals surface area contributed by atoms with Crippen LogP contribution in [0.5, 0.6) is 5.75 Å². The molecule has 3 rings (SSSR count). The quantitative estimate of drug-likeness (QED) is 0.782. The Hall–Kier alpha value is -1.51. The highest BCUT2D eigenvalue weighted by molar-refractivity contribution is 5.74. The molecule has 2 aliphatic carbocycles. The summed E-state index contributed by atoms with van der Waals surface area (Å²) in [5.74, 6) is -0.746. The third-order valence-corrected chi connectivity index (χ3v) is 4.54. The number of hydrogen-bond acceptors (Lipinski definition) is 2. The molecule has 1 aromatic carbocycles. The average Bonchev–Trinajstić information content (AvgIpc) is 2.25. The number of aliphatic carboxylic acids is 1. The van der Waals surface area contributed by atoms with Crippen LogP contribution in [-0.4, -0.2) is 16.2 Å². The summed E-state index contributed by atoms with van der Waals surface area (Å²) in [7, 11) is 0. The molecule has 17 heavy (non-hydrogen) atoms. The summed E-state index contributed by atoms with van der Waals surface area (Å²) in [5, 5.41) is 19.4. The van der Waals surface area contributed by atoms with Gasteiger partial charge in [0.2, 0.25) is 0 Å². The molecule has 0 aromatic heterocycles. The van der Waals surface area contributed by atoms with Gasteiger partial charge in [-0.3, -0.25) is 4.79 Å². The van der Waals surface area contributed by atoms with E-state index in [2.05, 4.69) is 0 Å². The number of aryl methyl sites for hydroxylation is 1. The summed E-state index contributed by atoms with van der Waals surface area (Å²) in [6.07, 6.45) is 4.33. The van der Waals surface area contributed by atoms with E-state index in [0.29, 0.717) is 6.42 Å². The van der Waals surface area contributed by atoms with Gasteiger partial charge >= 0.3 is 5.97 Å². The third-order valence-electron chi connectivity index (χ3n) is 4.54. The maximum Gasteiger partial charge on any atom is 0.307 e. The molecule has 0 heterocycles. The molecule has 2 aliphatic rings. The van der Waals surface area contributed by atoms with E-state index >= 15 is 0 Å². The largest absolute Gasteiger partial charge is 0.508 e. The van der Waals surface area contributed by atoms with Gasteiger partial charge in [0.15, 0.2) is 0 Å². The Labute approximate surface area is 100 Å². The van der Waals surface area contributed by atoms with Gasteiger partial charge in [-0.1, -0.05) is 18.6 Å². The number of benzene rings is 1. The van der Waals surface area contributed by atoms with E-state index in [-0.39, 0.29) is 17.1 Å². The number of fused-ring (bicyclic) bond motifs is 2. The molecule has 90 valence electrons. The molecule has 0 saturated heterocycles. The zero-order chi connectivity index (χ0) is 12.0. The number of phenolic OH excluding ortho intramolecular Hbond substituents is 1. The molecule has 2 N–H and O–H groups in total. The van der Waals surface area contributed by atoms with Crippen LogP contribution in [0.1, 0.15) is 36.8 Å². The smallest absolute Gasteiger partial charge is 0.307 e. The molecule has 1 fully saturated rings. The average molecular weight is 232 g/mol. The Kier molecular flexibility index (Phi) is 2.18. The highest BCUT2D eigenvalue weighted by Gasteiger charge is 2.52. The van der Waals surface area contributed by atoms with E-state index in [1.165, 1.54) is 0 Å². The summed E-state index contributed by atoms with van der Waals surface area (Å²) in [6, 6.07) is 5.55. The maximum absolute atomic E-state index is 11.4. The number of hydrogen-bond donors (Lipinski definition) is 2. The number of carboxylic acids is 1. The number of phenols is 1. The monoisotopic (exact) mass is 232 g/mol. The molecule has 0 amide bonds. The minimum atomic E-state index is -0.710. The Morgan fingerprint density at radius 2 is 2.12 bits per heavy atom. The standard InChI is InChI=1S/C14H16O3/c15-11-4-1-3-9-5-6-10(13(16)17)14(12(9)11)7-2-8-14/h1,3-4,10,15H,2,5-8H2,(H,16,17). The Morgan fingerprint density at radius 1 is 1.35 bits per heavy atom. The lowest BCUT2D eigenvalue weighted by molar-refractivity contribution is -0.147. The molecule has 1 spiro atoms. The van der Waals surface area contributed by atoms with Gasteiger partial charge < -0.3 is 10.2 Å². The van der Waals surface area contributed by atoms with E-state index in [1.54, 1.807) is 6.07 Å². The molecular formula is C14H16O3. The van der Waals surface area contributed by atoms with Gasteiger partial charge in [-0.25, -0.2) is 0 Å². The Balaban J connectivity index is 2.16. The van der Waals surface area contributed by atoms with Crippen molar-refractivity contribution in [3.63, 3.8) is 0 Å². The number of rotatable bonds is 1. The van der Waals surface area contributed by atoms with Gasteiger partial charge in [-0.05, 0) is 37.3 Å². The predicted molar refractivity (Wildman–Crippen MR) is 63.1 cm³/mol. The van der Waals surface area contributed by atoms with Crippen LogP contribution in [-0.2, 0) is 16.6 Å². The summed E-state index contributed by atoms with van der Waals surface area (Å²) in [5.41, 5.74) is 1.78. The third kappa shape index (κ3) is 1.31. The van der Waals surface area contributed by atoms with E-state index in [1.807, 2.05) is 12.1 Å². The highest BCUT2D eigenvalue weighted by atomic mass is 16.4. The van der Waals surface area contributed by atoms with Gasteiger partial charge in [-0.15, -0.1) is 0 Å². The fraction of sp³-hybridized carbons (Fsp3) is 0.500. The first-order chi connectivity index (χ1) is 8.15. The molecule has 1 atom stereocenters. The second-order valence-corrected chi connectivity index (χ2v) is 5.25. The first-order valence-electron chi connectivity index (χ1n) is 6.19. The Morgan fingerprint density at radius 3 is 2.71 bits per heavy atom. The van der Waals surface area contributed by atoms with Crippen LogP contribution in [0, 0.1) is 5.92 Å². The minimum Gasteiger partial charge on any atom is -0.508 e. The zero-order valence-electron chi connectivity index (χ0n) is 9.65. The molecule has 0 radical (unpaired) electrons.